The Morgan fingerprint density at radius 2 is 2.10 bits per heavy atom. The summed E-state index contributed by atoms with van der Waals surface area (Å²) in [5, 5.41) is 2.72. The molecule has 1 amide bonds. The van der Waals surface area contributed by atoms with E-state index in [2.05, 4.69) is 20.3 Å². The molecule has 0 unspecified atom stereocenters. The van der Waals surface area contributed by atoms with Crippen LogP contribution in [-0.2, 0) is 0 Å². The van der Waals surface area contributed by atoms with Crippen molar-refractivity contribution in [2.75, 3.05) is 5.32 Å². The zero-order valence-corrected chi connectivity index (χ0v) is 17.1. The Kier molecular flexibility index (Phi) is 4.65. The summed E-state index contributed by atoms with van der Waals surface area (Å²) in [6.45, 7) is 3.36. The van der Waals surface area contributed by atoms with Crippen LogP contribution < -0.4 is 10.1 Å². The Morgan fingerprint density at radius 3 is 2.81 bits per heavy atom. The third-order valence-electron chi connectivity index (χ3n) is 5.25. The molecule has 0 bridgehead atoms. The molecule has 1 aromatic carbocycles. The minimum atomic E-state index is -0.459. The fraction of sp³-hybridized carbons (Fsp3) is 0.273. The van der Waals surface area contributed by atoms with E-state index in [1.807, 2.05) is 0 Å². The monoisotopic (exact) mass is 421 g/mol. The summed E-state index contributed by atoms with van der Waals surface area (Å²) in [4.78, 5) is 25.3. The molecule has 5 rings (SSSR count). The van der Waals surface area contributed by atoms with Crippen LogP contribution in [0.15, 0.2) is 41.2 Å². The van der Waals surface area contributed by atoms with Crippen molar-refractivity contribution in [3.05, 3.63) is 60.0 Å². The highest BCUT2D eigenvalue weighted by atomic mass is 19.1. The van der Waals surface area contributed by atoms with Crippen LogP contribution in [0.4, 0.5) is 10.1 Å². The molecule has 0 saturated heterocycles. The van der Waals surface area contributed by atoms with E-state index < -0.39 is 11.7 Å². The zero-order valence-electron chi connectivity index (χ0n) is 17.1. The Bertz CT molecular complexity index is 1290. The van der Waals surface area contributed by atoms with Crippen molar-refractivity contribution in [1.82, 2.24) is 19.4 Å². The number of amides is 1. The molecular formula is C22H20FN5O3. The van der Waals surface area contributed by atoms with Gasteiger partial charge in [0.05, 0.1) is 29.9 Å². The van der Waals surface area contributed by atoms with Gasteiger partial charge in [0, 0.05) is 24.4 Å². The highest BCUT2D eigenvalue weighted by Crippen LogP contribution is 2.28. The summed E-state index contributed by atoms with van der Waals surface area (Å²) in [7, 11) is 0. The number of ether oxygens (including phenoxy) is 1. The van der Waals surface area contributed by atoms with Crippen LogP contribution in [0.3, 0.4) is 0 Å². The number of fused-ring (bicyclic) bond motifs is 1. The molecule has 0 aliphatic heterocycles. The van der Waals surface area contributed by atoms with Crippen LogP contribution in [0.1, 0.15) is 41.4 Å². The topological polar surface area (TPSA) is 94.6 Å². The van der Waals surface area contributed by atoms with E-state index in [0.29, 0.717) is 34.5 Å². The van der Waals surface area contributed by atoms with Gasteiger partial charge in [0.15, 0.2) is 11.6 Å². The SMILES string of the molecule is Cc1nc(C)c(C(=O)Nc2ccc(F)c(-c3cn4cc(OC5CCC5)cnc4n3)c2)o1. The van der Waals surface area contributed by atoms with Gasteiger partial charge in [-0.1, -0.05) is 0 Å². The molecule has 1 aliphatic rings. The van der Waals surface area contributed by atoms with Crippen LogP contribution in [0.25, 0.3) is 17.0 Å². The number of aryl methyl sites for hydroxylation is 2. The Morgan fingerprint density at radius 1 is 1.26 bits per heavy atom. The molecule has 158 valence electrons. The van der Waals surface area contributed by atoms with Crippen LogP contribution in [0.2, 0.25) is 0 Å². The van der Waals surface area contributed by atoms with Crippen molar-refractivity contribution in [3.63, 3.8) is 0 Å². The lowest BCUT2D eigenvalue weighted by Gasteiger charge is -2.25. The van der Waals surface area contributed by atoms with Crippen molar-refractivity contribution >= 4 is 17.4 Å². The van der Waals surface area contributed by atoms with Gasteiger partial charge in [0.2, 0.25) is 11.5 Å². The second-order valence-electron chi connectivity index (χ2n) is 7.59. The molecule has 31 heavy (non-hydrogen) atoms. The van der Waals surface area contributed by atoms with Crippen molar-refractivity contribution in [2.24, 2.45) is 0 Å². The maximum absolute atomic E-state index is 14.6. The van der Waals surface area contributed by atoms with E-state index >= 15 is 0 Å². The molecule has 9 heteroatoms. The number of halogens is 1. The average molecular weight is 421 g/mol. The molecule has 3 heterocycles. The normalized spacial score (nSPS) is 13.9. The summed E-state index contributed by atoms with van der Waals surface area (Å²) >= 11 is 0. The summed E-state index contributed by atoms with van der Waals surface area (Å²) in [6.07, 6.45) is 8.60. The summed E-state index contributed by atoms with van der Waals surface area (Å²) in [5.41, 5.74) is 1.54. The van der Waals surface area contributed by atoms with Crippen LogP contribution in [-0.4, -0.2) is 31.4 Å². The molecule has 1 fully saturated rings. The lowest BCUT2D eigenvalue weighted by atomic mass is 9.96. The number of oxazole rings is 1. The number of benzene rings is 1. The van der Waals surface area contributed by atoms with Gasteiger partial charge in [-0.3, -0.25) is 9.20 Å². The van der Waals surface area contributed by atoms with E-state index in [-0.39, 0.29) is 17.4 Å². The lowest BCUT2D eigenvalue weighted by Crippen LogP contribution is -2.24. The quantitative estimate of drug-likeness (QED) is 0.516. The number of nitrogens with one attached hydrogen (secondary N) is 1. The predicted molar refractivity (Wildman–Crippen MR) is 111 cm³/mol. The number of anilines is 1. The van der Waals surface area contributed by atoms with Gasteiger partial charge < -0.3 is 14.5 Å². The first-order valence-corrected chi connectivity index (χ1v) is 10.0. The molecule has 1 saturated carbocycles. The second-order valence-corrected chi connectivity index (χ2v) is 7.59. The van der Waals surface area contributed by atoms with E-state index in [1.54, 1.807) is 36.8 Å². The van der Waals surface area contributed by atoms with E-state index in [4.69, 9.17) is 9.15 Å². The van der Waals surface area contributed by atoms with Crippen molar-refractivity contribution in [1.29, 1.82) is 0 Å². The molecular weight excluding hydrogens is 401 g/mol. The van der Waals surface area contributed by atoms with Crippen molar-refractivity contribution in [3.8, 4) is 17.0 Å². The largest absolute Gasteiger partial charge is 0.487 e. The first-order valence-electron chi connectivity index (χ1n) is 10.0. The highest BCUT2D eigenvalue weighted by Gasteiger charge is 2.20. The summed E-state index contributed by atoms with van der Waals surface area (Å²) in [5.74, 6) is 0.696. The predicted octanol–water partition coefficient (Wildman–Crippen LogP) is 4.32. The maximum Gasteiger partial charge on any atom is 0.293 e. The van der Waals surface area contributed by atoms with E-state index in [1.165, 1.54) is 24.6 Å². The fourth-order valence-electron chi connectivity index (χ4n) is 3.47. The van der Waals surface area contributed by atoms with Gasteiger partial charge in [0.1, 0.15) is 5.82 Å². The van der Waals surface area contributed by atoms with Crippen LogP contribution >= 0.6 is 0 Å². The number of hydrogen-bond donors (Lipinski definition) is 1. The second kappa shape index (κ2) is 7.50. The van der Waals surface area contributed by atoms with Crippen LogP contribution in [0.5, 0.6) is 5.75 Å². The number of rotatable bonds is 5. The van der Waals surface area contributed by atoms with E-state index in [9.17, 15) is 9.18 Å². The van der Waals surface area contributed by atoms with Gasteiger partial charge in [-0.25, -0.2) is 19.3 Å². The molecule has 0 radical (unpaired) electrons. The molecule has 4 aromatic rings. The molecule has 1 aliphatic carbocycles. The van der Waals surface area contributed by atoms with Crippen molar-refractivity contribution in [2.45, 2.75) is 39.2 Å². The number of hydrogen-bond acceptors (Lipinski definition) is 6. The fourth-order valence-corrected chi connectivity index (χ4v) is 3.47. The Labute approximate surface area is 177 Å². The number of nitrogens with zero attached hydrogens (tertiary/aromatic N) is 4. The minimum absolute atomic E-state index is 0.124. The van der Waals surface area contributed by atoms with Gasteiger partial charge in [-0.15, -0.1) is 0 Å². The minimum Gasteiger partial charge on any atom is -0.487 e. The molecule has 8 nitrogen and oxygen atoms in total. The maximum atomic E-state index is 14.6. The molecule has 3 aromatic heterocycles. The first-order chi connectivity index (χ1) is 15.0. The van der Waals surface area contributed by atoms with Gasteiger partial charge in [-0.05, 0) is 44.4 Å². The molecule has 1 N–H and O–H groups in total. The van der Waals surface area contributed by atoms with E-state index in [0.717, 1.165) is 12.8 Å². The summed E-state index contributed by atoms with van der Waals surface area (Å²) in [6, 6.07) is 4.29. The number of imidazole rings is 1. The van der Waals surface area contributed by atoms with Gasteiger partial charge >= 0.3 is 0 Å². The lowest BCUT2D eigenvalue weighted by molar-refractivity contribution is 0.0994. The van der Waals surface area contributed by atoms with Crippen molar-refractivity contribution < 1.29 is 18.3 Å². The Balaban J connectivity index is 1.42. The Hall–Kier alpha value is -3.75. The van der Waals surface area contributed by atoms with Gasteiger partial charge in [0.25, 0.3) is 5.91 Å². The third kappa shape index (κ3) is 3.74. The number of carbonyl (C=O) groups is 1. The van der Waals surface area contributed by atoms with Gasteiger partial charge in [-0.2, -0.15) is 0 Å². The number of aromatic nitrogens is 4. The smallest absolute Gasteiger partial charge is 0.293 e. The molecule has 0 atom stereocenters. The third-order valence-corrected chi connectivity index (χ3v) is 5.25. The number of carbonyl (C=O) groups excluding carboxylic acids is 1. The standard InChI is InChI=1S/C22H20FN5O3/c1-12-20(30-13(2)25-12)21(29)26-14-6-7-18(23)17(8-14)19-11-28-10-16(9-24-22(28)27-19)31-15-4-3-5-15/h6-11,15H,3-5H2,1-2H3,(H,26,29). The zero-order chi connectivity index (χ0) is 21.5. The average Bonchev–Trinajstić information content (AvgIpc) is 3.28. The highest BCUT2D eigenvalue weighted by molar-refractivity contribution is 6.03. The van der Waals surface area contributed by atoms with Crippen LogP contribution in [0, 0.1) is 19.7 Å². The first kappa shape index (κ1) is 19.2. The molecule has 0 spiro atoms. The summed E-state index contributed by atoms with van der Waals surface area (Å²) < 4.78 is 27.5.